The maximum atomic E-state index is 5.81. The van der Waals surface area contributed by atoms with Crippen molar-refractivity contribution in [3.63, 3.8) is 0 Å². The van der Waals surface area contributed by atoms with Gasteiger partial charge in [0.2, 0.25) is 0 Å². The Balaban J connectivity index is 1.03. The summed E-state index contributed by atoms with van der Waals surface area (Å²) < 4.78 is 56.2. The third kappa shape index (κ3) is 21.3. The number of ether oxygens (including phenoxy) is 10. The van der Waals surface area contributed by atoms with Crippen molar-refractivity contribution in [3.8, 4) is 0 Å². The molecule has 3 aromatic rings. The summed E-state index contributed by atoms with van der Waals surface area (Å²) in [5.74, 6) is 0. The summed E-state index contributed by atoms with van der Waals surface area (Å²) >= 11 is 0. The highest BCUT2D eigenvalue weighted by Crippen LogP contribution is 2.11. The smallest absolute Gasteiger partial charge is 0.0721 e. The maximum Gasteiger partial charge on any atom is 0.0721 e. The van der Waals surface area contributed by atoms with Gasteiger partial charge < -0.3 is 47.4 Å². The quantitative estimate of drug-likeness (QED) is 0.0821. The minimum Gasteiger partial charge on any atom is -0.377 e. The second-order valence-corrected chi connectivity index (χ2v) is 10.6. The van der Waals surface area contributed by atoms with Crippen LogP contribution in [0.4, 0.5) is 0 Å². The molecule has 0 aromatic heterocycles. The van der Waals surface area contributed by atoms with Crippen LogP contribution in [0.1, 0.15) is 22.3 Å². The molecule has 10 heteroatoms. The molecule has 266 valence electrons. The second-order valence-electron chi connectivity index (χ2n) is 10.6. The van der Waals surface area contributed by atoms with E-state index in [0.29, 0.717) is 132 Å². The molecule has 0 aliphatic heterocycles. The van der Waals surface area contributed by atoms with Gasteiger partial charge in [-0.05, 0) is 22.3 Å². The van der Waals surface area contributed by atoms with Gasteiger partial charge in [0.25, 0.3) is 0 Å². The Morgan fingerprint density at radius 3 is 0.750 bits per heavy atom. The Morgan fingerprint density at radius 2 is 0.458 bits per heavy atom. The molecule has 0 aliphatic rings. The van der Waals surface area contributed by atoms with Gasteiger partial charge in [-0.15, -0.1) is 0 Å². The highest BCUT2D eigenvalue weighted by atomic mass is 16.6. The molecule has 0 radical (unpaired) electrons. The first-order valence-corrected chi connectivity index (χ1v) is 16.8. The fourth-order valence-corrected chi connectivity index (χ4v) is 4.29. The molecule has 0 saturated carbocycles. The minimum atomic E-state index is 0.504. The first kappa shape index (κ1) is 39.7. The fraction of sp³-hybridized carbons (Fsp3) is 0.526. The summed E-state index contributed by atoms with van der Waals surface area (Å²) in [7, 11) is 0. The Morgan fingerprint density at radius 1 is 0.229 bits per heavy atom. The van der Waals surface area contributed by atoms with E-state index in [0.717, 1.165) is 22.3 Å². The maximum absolute atomic E-state index is 5.81. The van der Waals surface area contributed by atoms with Gasteiger partial charge >= 0.3 is 0 Å². The molecule has 0 bridgehead atoms. The van der Waals surface area contributed by atoms with Crippen LogP contribution in [0.3, 0.4) is 0 Å². The second kappa shape index (κ2) is 29.2. The zero-order valence-electron chi connectivity index (χ0n) is 28.3. The molecule has 0 spiro atoms. The summed E-state index contributed by atoms with van der Waals surface area (Å²) in [6.45, 7) is 10.7. The van der Waals surface area contributed by atoms with E-state index in [2.05, 4.69) is 12.1 Å². The lowest BCUT2D eigenvalue weighted by atomic mass is 10.1. The van der Waals surface area contributed by atoms with Gasteiger partial charge in [0.15, 0.2) is 0 Å². The van der Waals surface area contributed by atoms with Crippen LogP contribution in [0.5, 0.6) is 0 Å². The molecule has 0 amide bonds. The zero-order chi connectivity index (χ0) is 33.4. The van der Waals surface area contributed by atoms with Crippen molar-refractivity contribution in [2.24, 2.45) is 0 Å². The predicted octanol–water partition coefficient (Wildman–Crippen LogP) is 5.25. The van der Waals surface area contributed by atoms with E-state index in [1.807, 2.05) is 72.8 Å². The largest absolute Gasteiger partial charge is 0.377 e. The Hall–Kier alpha value is -2.74. The molecule has 10 nitrogen and oxygen atoms in total. The van der Waals surface area contributed by atoms with Crippen LogP contribution in [0.15, 0.2) is 84.9 Å². The fourth-order valence-electron chi connectivity index (χ4n) is 4.29. The monoisotopic (exact) mass is 670 g/mol. The minimum absolute atomic E-state index is 0.504. The highest BCUT2D eigenvalue weighted by molar-refractivity contribution is 5.25. The van der Waals surface area contributed by atoms with Gasteiger partial charge in [0, 0.05) is 0 Å². The van der Waals surface area contributed by atoms with Crippen molar-refractivity contribution in [3.05, 3.63) is 107 Å². The van der Waals surface area contributed by atoms with Gasteiger partial charge in [-0.2, -0.15) is 0 Å². The van der Waals surface area contributed by atoms with Gasteiger partial charge in [-0.3, -0.25) is 0 Å². The van der Waals surface area contributed by atoms with Gasteiger partial charge in [-0.25, -0.2) is 0 Å². The van der Waals surface area contributed by atoms with Crippen molar-refractivity contribution < 1.29 is 47.4 Å². The van der Waals surface area contributed by atoms with Crippen molar-refractivity contribution in [1.29, 1.82) is 0 Å². The van der Waals surface area contributed by atoms with Crippen LogP contribution in [0.25, 0.3) is 0 Å². The van der Waals surface area contributed by atoms with E-state index < -0.39 is 0 Å². The molecule has 0 aliphatic carbocycles. The molecule has 3 rings (SSSR count). The Bertz CT molecular complexity index is 1030. The summed E-state index contributed by atoms with van der Waals surface area (Å²) in [5.41, 5.74) is 4.53. The number of hydrogen-bond donors (Lipinski definition) is 0. The Labute approximate surface area is 286 Å². The van der Waals surface area contributed by atoms with Gasteiger partial charge in [0.05, 0.1) is 132 Å². The van der Waals surface area contributed by atoms with Crippen molar-refractivity contribution >= 4 is 0 Å². The van der Waals surface area contributed by atoms with Gasteiger partial charge in [0.1, 0.15) is 0 Å². The first-order valence-electron chi connectivity index (χ1n) is 16.8. The van der Waals surface area contributed by atoms with E-state index in [1.165, 1.54) is 0 Å². The van der Waals surface area contributed by atoms with Crippen LogP contribution < -0.4 is 0 Å². The zero-order valence-corrected chi connectivity index (χ0v) is 28.3. The van der Waals surface area contributed by atoms with Crippen LogP contribution in [0.2, 0.25) is 0 Å². The molecule has 48 heavy (non-hydrogen) atoms. The molecule has 0 N–H and O–H groups in total. The van der Waals surface area contributed by atoms with Gasteiger partial charge in [-0.1, -0.05) is 84.9 Å². The van der Waals surface area contributed by atoms with Crippen molar-refractivity contribution in [1.82, 2.24) is 0 Å². The first-order chi connectivity index (χ1) is 23.9. The lowest BCUT2D eigenvalue weighted by Crippen LogP contribution is -2.13. The van der Waals surface area contributed by atoms with Crippen molar-refractivity contribution in [2.75, 3.05) is 106 Å². The number of benzene rings is 3. The van der Waals surface area contributed by atoms with Crippen LogP contribution in [-0.2, 0) is 73.8 Å². The third-order valence-corrected chi connectivity index (χ3v) is 6.83. The van der Waals surface area contributed by atoms with Crippen LogP contribution in [-0.4, -0.2) is 106 Å². The third-order valence-electron chi connectivity index (χ3n) is 6.83. The molecule has 0 atom stereocenters. The molecular formula is C38H54O10. The SMILES string of the molecule is c1ccc(COCCOCCOCCOCCOCc2ccccc2COCCOCCOCCOCCOCc2ccccc2)cc1. The topological polar surface area (TPSA) is 92.3 Å². The highest BCUT2D eigenvalue weighted by Gasteiger charge is 2.03. The molecular weight excluding hydrogens is 616 g/mol. The van der Waals surface area contributed by atoms with Crippen LogP contribution in [0, 0.1) is 0 Å². The van der Waals surface area contributed by atoms with E-state index in [1.54, 1.807) is 0 Å². The summed E-state index contributed by atoms with van der Waals surface area (Å²) in [4.78, 5) is 0. The average Bonchev–Trinajstić information content (AvgIpc) is 3.13. The molecule has 0 saturated heterocycles. The normalized spacial score (nSPS) is 11.3. The standard InChI is InChI=1S/C38H54O10/c1-3-9-35(10-4-1)31-45-27-23-41-19-15-39-17-21-43-25-29-47-33-37-13-7-8-14-38(37)34-48-30-26-44-22-18-40-16-20-42-24-28-46-32-36-11-5-2-6-12-36/h1-14H,15-34H2. The van der Waals surface area contributed by atoms with E-state index in [9.17, 15) is 0 Å². The lowest BCUT2D eigenvalue weighted by Gasteiger charge is -2.12. The summed E-state index contributed by atoms with van der Waals surface area (Å²) in [6.07, 6.45) is 0. The van der Waals surface area contributed by atoms with Crippen molar-refractivity contribution in [2.45, 2.75) is 26.4 Å². The molecule has 3 aromatic carbocycles. The lowest BCUT2D eigenvalue weighted by molar-refractivity contribution is -0.0150. The molecule has 0 fully saturated rings. The number of hydrogen-bond acceptors (Lipinski definition) is 10. The average molecular weight is 671 g/mol. The predicted molar refractivity (Wildman–Crippen MR) is 183 cm³/mol. The Kier molecular flexibility index (Phi) is 24.1. The number of rotatable bonds is 32. The van der Waals surface area contributed by atoms with E-state index >= 15 is 0 Å². The van der Waals surface area contributed by atoms with E-state index in [4.69, 9.17) is 47.4 Å². The van der Waals surface area contributed by atoms with Crippen LogP contribution >= 0.6 is 0 Å². The summed E-state index contributed by atoms with van der Waals surface area (Å²) in [5, 5.41) is 0. The van der Waals surface area contributed by atoms with E-state index in [-0.39, 0.29) is 0 Å². The molecule has 0 unspecified atom stereocenters. The summed E-state index contributed by atoms with van der Waals surface area (Å²) in [6, 6.07) is 28.3. The molecule has 0 heterocycles.